The summed E-state index contributed by atoms with van der Waals surface area (Å²) in [6.07, 6.45) is 0. The summed E-state index contributed by atoms with van der Waals surface area (Å²) in [4.78, 5) is 0. The molecule has 0 rings (SSSR count). The number of nitrogens with two attached hydrogens (primary N) is 1. The monoisotopic (exact) mass is 434 g/mol. The Kier molecular flexibility index (Phi) is 6.13. The van der Waals surface area contributed by atoms with E-state index in [4.69, 9.17) is 5.84 Å². The fraction of sp³-hybridized carbons (Fsp3) is 0.636. The van der Waals surface area contributed by atoms with E-state index in [-0.39, 0.29) is 5.41 Å². The molecule has 88 valence electrons. The van der Waals surface area contributed by atoms with Crippen molar-refractivity contribution in [3.8, 4) is 0 Å². The largest absolute Gasteiger partial charge is 0.308 e. The Morgan fingerprint density at radius 1 is 1.40 bits per heavy atom. The van der Waals surface area contributed by atoms with E-state index in [0.29, 0.717) is 3.92 Å². The van der Waals surface area contributed by atoms with Crippen LogP contribution < -0.4 is 5.84 Å². The van der Waals surface area contributed by atoms with Gasteiger partial charge in [0.15, 0.2) is 0 Å². The highest BCUT2D eigenvalue weighted by Gasteiger charge is 2.25. The number of hydrogen-bond donors (Lipinski definition) is 1. The van der Waals surface area contributed by atoms with Gasteiger partial charge in [-0.25, -0.2) is 5.84 Å². The van der Waals surface area contributed by atoms with E-state index in [1.165, 1.54) is 5.57 Å². The molecule has 0 spiro atoms. The van der Waals surface area contributed by atoms with Crippen LogP contribution in [0.5, 0.6) is 0 Å². The molecule has 1 atom stereocenters. The van der Waals surface area contributed by atoms with E-state index in [1.54, 1.807) is 5.01 Å². The van der Waals surface area contributed by atoms with Crippen LogP contribution in [-0.2, 0) is 0 Å². The summed E-state index contributed by atoms with van der Waals surface area (Å²) >= 11 is 4.67. The van der Waals surface area contributed by atoms with Crippen molar-refractivity contribution < 1.29 is 0 Å². The lowest BCUT2D eigenvalue weighted by atomic mass is 9.82. The molecule has 1 unspecified atom stereocenters. The van der Waals surface area contributed by atoms with Gasteiger partial charge < -0.3 is 5.01 Å². The minimum Gasteiger partial charge on any atom is -0.308 e. The summed E-state index contributed by atoms with van der Waals surface area (Å²) in [6, 6.07) is 0. The van der Waals surface area contributed by atoms with Crippen molar-refractivity contribution in [2.75, 3.05) is 7.05 Å². The van der Waals surface area contributed by atoms with Crippen LogP contribution in [0.15, 0.2) is 21.4 Å². The minimum absolute atomic E-state index is 0.0701. The fourth-order valence-electron chi connectivity index (χ4n) is 1.30. The highest BCUT2D eigenvalue weighted by atomic mass is 127. The number of rotatable bonds is 3. The molecule has 4 heteroatoms. The number of alkyl halides is 1. The number of hydrazine groups is 1. The molecule has 2 nitrogen and oxygen atoms in total. The zero-order valence-electron chi connectivity index (χ0n) is 10.1. The first-order chi connectivity index (χ1) is 6.59. The van der Waals surface area contributed by atoms with Crippen molar-refractivity contribution in [1.29, 1.82) is 0 Å². The summed E-state index contributed by atoms with van der Waals surface area (Å²) in [5.41, 5.74) is 2.47. The lowest BCUT2D eigenvalue weighted by molar-refractivity contribution is 0.439. The Balaban J connectivity index is 5.46. The standard InChI is InChI=1S/C11H20I2N2/c1-7(8(2)12)9(11(3,4)5)10(13)15(6)14/h8H,1,14H2,2-6H3/b10-9+. The molecular weight excluding hydrogens is 414 g/mol. The Labute approximate surface area is 121 Å². The summed E-state index contributed by atoms with van der Waals surface area (Å²) in [7, 11) is 1.86. The molecule has 0 fully saturated rings. The average molecular weight is 434 g/mol. The SMILES string of the molecule is C=C(/C(=C(/I)N(C)N)C(C)(C)C)C(C)I. The highest BCUT2D eigenvalue weighted by molar-refractivity contribution is 14.1. The van der Waals surface area contributed by atoms with Gasteiger partial charge in [-0.2, -0.15) is 0 Å². The zero-order chi connectivity index (χ0) is 12.4. The fourth-order valence-corrected chi connectivity index (χ4v) is 2.77. The van der Waals surface area contributed by atoms with E-state index >= 15 is 0 Å². The van der Waals surface area contributed by atoms with Gasteiger partial charge in [-0.1, -0.05) is 49.9 Å². The molecule has 0 aliphatic rings. The molecule has 0 amide bonds. The van der Waals surface area contributed by atoms with Crippen LogP contribution in [0.2, 0.25) is 0 Å². The molecule has 0 bridgehead atoms. The Morgan fingerprint density at radius 2 is 1.80 bits per heavy atom. The highest BCUT2D eigenvalue weighted by Crippen LogP contribution is 2.38. The zero-order valence-corrected chi connectivity index (χ0v) is 14.4. The van der Waals surface area contributed by atoms with Crippen molar-refractivity contribution in [2.45, 2.75) is 31.6 Å². The van der Waals surface area contributed by atoms with E-state index in [9.17, 15) is 0 Å². The first kappa shape index (κ1) is 15.7. The Bertz CT molecular complexity index is 273. The van der Waals surface area contributed by atoms with Crippen molar-refractivity contribution in [3.63, 3.8) is 0 Å². The first-order valence-corrected chi connectivity index (χ1v) is 7.13. The molecule has 15 heavy (non-hydrogen) atoms. The van der Waals surface area contributed by atoms with Crippen molar-refractivity contribution in [3.05, 3.63) is 21.4 Å². The Hall–Kier alpha value is 0.700. The third kappa shape index (κ3) is 4.60. The van der Waals surface area contributed by atoms with Gasteiger partial charge >= 0.3 is 0 Å². The van der Waals surface area contributed by atoms with Crippen LogP contribution in [0.3, 0.4) is 0 Å². The molecule has 0 aliphatic heterocycles. The number of nitrogens with zero attached hydrogens (tertiary/aromatic N) is 1. The molecule has 0 aromatic heterocycles. The van der Waals surface area contributed by atoms with Crippen LogP contribution in [-0.4, -0.2) is 16.0 Å². The normalized spacial score (nSPS) is 15.7. The second-order valence-electron chi connectivity index (χ2n) is 4.67. The van der Waals surface area contributed by atoms with Gasteiger partial charge in [-0.15, -0.1) is 0 Å². The van der Waals surface area contributed by atoms with Gasteiger partial charge in [0.05, 0.1) is 3.70 Å². The number of halogens is 2. The van der Waals surface area contributed by atoms with Gasteiger partial charge in [0, 0.05) is 11.0 Å². The second-order valence-corrected chi connectivity index (χ2v) is 7.56. The molecule has 0 aromatic rings. The average Bonchev–Trinajstić information content (AvgIpc) is 2.01. The summed E-state index contributed by atoms with van der Waals surface area (Å²) < 4.78 is 1.48. The Morgan fingerprint density at radius 3 is 2.00 bits per heavy atom. The molecule has 0 saturated heterocycles. The predicted molar refractivity (Wildman–Crippen MR) is 85.1 cm³/mol. The third-order valence-electron chi connectivity index (χ3n) is 2.07. The quantitative estimate of drug-likeness (QED) is 0.183. The van der Waals surface area contributed by atoms with Gasteiger partial charge in [0.25, 0.3) is 0 Å². The summed E-state index contributed by atoms with van der Waals surface area (Å²) in [6.45, 7) is 12.9. The molecule has 0 saturated carbocycles. The second kappa shape index (κ2) is 5.86. The van der Waals surface area contributed by atoms with Crippen molar-refractivity contribution in [2.24, 2.45) is 11.3 Å². The van der Waals surface area contributed by atoms with Gasteiger partial charge in [-0.3, -0.25) is 0 Å². The van der Waals surface area contributed by atoms with Crippen LogP contribution in [0.4, 0.5) is 0 Å². The topological polar surface area (TPSA) is 29.3 Å². The van der Waals surface area contributed by atoms with Gasteiger partial charge in [-0.05, 0) is 46.1 Å². The van der Waals surface area contributed by atoms with Crippen molar-refractivity contribution >= 4 is 45.2 Å². The van der Waals surface area contributed by atoms with E-state index in [0.717, 1.165) is 9.28 Å². The maximum absolute atomic E-state index is 5.80. The summed E-state index contributed by atoms with van der Waals surface area (Å²) in [5.74, 6) is 5.80. The molecule has 2 N–H and O–H groups in total. The van der Waals surface area contributed by atoms with Crippen molar-refractivity contribution in [1.82, 2.24) is 5.01 Å². The minimum atomic E-state index is 0.0701. The van der Waals surface area contributed by atoms with Gasteiger partial charge in [0.2, 0.25) is 0 Å². The maximum Gasteiger partial charge on any atom is 0.0936 e. The van der Waals surface area contributed by atoms with Gasteiger partial charge in [0.1, 0.15) is 0 Å². The lowest BCUT2D eigenvalue weighted by Gasteiger charge is -2.30. The van der Waals surface area contributed by atoms with Crippen LogP contribution in [0, 0.1) is 5.41 Å². The molecule has 0 heterocycles. The van der Waals surface area contributed by atoms with Crippen LogP contribution >= 0.6 is 45.2 Å². The third-order valence-corrected chi connectivity index (χ3v) is 4.12. The number of allylic oxidation sites excluding steroid dienone is 2. The summed E-state index contributed by atoms with van der Waals surface area (Å²) in [5, 5.41) is 1.66. The number of hydrogen-bond acceptors (Lipinski definition) is 2. The first-order valence-electron chi connectivity index (χ1n) is 4.81. The smallest absolute Gasteiger partial charge is 0.0936 e. The van der Waals surface area contributed by atoms with E-state index in [2.05, 4.69) is 79.5 Å². The van der Waals surface area contributed by atoms with Crippen LogP contribution in [0.25, 0.3) is 0 Å². The van der Waals surface area contributed by atoms with E-state index in [1.807, 2.05) is 7.05 Å². The molecular formula is C11H20I2N2. The predicted octanol–water partition coefficient (Wildman–Crippen LogP) is 3.86. The van der Waals surface area contributed by atoms with Crippen LogP contribution in [0.1, 0.15) is 27.7 Å². The maximum atomic E-state index is 5.80. The lowest BCUT2D eigenvalue weighted by Crippen LogP contribution is -2.27. The van der Waals surface area contributed by atoms with E-state index < -0.39 is 0 Å². The molecule has 0 aliphatic carbocycles. The molecule has 0 radical (unpaired) electrons. The molecule has 0 aromatic carbocycles.